The SMILES string of the molecule is Cc1ccc(C)c(NC(=O)CCC(=O)NNC(=O)CCc2ccccc2)c1. The smallest absolute Gasteiger partial charge is 0.238 e. The van der Waals surface area contributed by atoms with E-state index < -0.39 is 5.91 Å². The van der Waals surface area contributed by atoms with E-state index in [9.17, 15) is 14.4 Å². The van der Waals surface area contributed by atoms with Crippen molar-refractivity contribution in [3.63, 3.8) is 0 Å². The van der Waals surface area contributed by atoms with Crippen molar-refractivity contribution >= 4 is 23.4 Å². The average molecular weight is 367 g/mol. The highest BCUT2D eigenvalue weighted by Gasteiger charge is 2.10. The summed E-state index contributed by atoms with van der Waals surface area (Å²) < 4.78 is 0. The molecule has 2 aromatic rings. The number of nitrogens with one attached hydrogen (secondary N) is 3. The van der Waals surface area contributed by atoms with Gasteiger partial charge in [-0.25, -0.2) is 0 Å². The largest absolute Gasteiger partial charge is 0.326 e. The maximum Gasteiger partial charge on any atom is 0.238 e. The van der Waals surface area contributed by atoms with Gasteiger partial charge in [-0.05, 0) is 43.0 Å². The van der Waals surface area contributed by atoms with Crippen LogP contribution in [0.25, 0.3) is 0 Å². The number of anilines is 1. The Morgan fingerprint density at radius 2 is 1.41 bits per heavy atom. The van der Waals surface area contributed by atoms with Gasteiger partial charge in [0.2, 0.25) is 17.7 Å². The van der Waals surface area contributed by atoms with Gasteiger partial charge in [0, 0.05) is 24.9 Å². The van der Waals surface area contributed by atoms with E-state index in [1.165, 1.54) is 0 Å². The maximum absolute atomic E-state index is 12.0. The van der Waals surface area contributed by atoms with Gasteiger partial charge in [0.05, 0.1) is 0 Å². The predicted molar refractivity (Wildman–Crippen MR) is 105 cm³/mol. The van der Waals surface area contributed by atoms with Crippen LogP contribution in [0.2, 0.25) is 0 Å². The van der Waals surface area contributed by atoms with E-state index in [1.807, 2.05) is 62.4 Å². The van der Waals surface area contributed by atoms with Crippen molar-refractivity contribution in [1.82, 2.24) is 10.9 Å². The molecule has 0 radical (unpaired) electrons. The Morgan fingerprint density at radius 3 is 2.11 bits per heavy atom. The summed E-state index contributed by atoms with van der Waals surface area (Å²) >= 11 is 0. The molecular formula is C21H25N3O3. The number of amides is 3. The highest BCUT2D eigenvalue weighted by Crippen LogP contribution is 2.16. The lowest BCUT2D eigenvalue weighted by atomic mass is 10.1. The van der Waals surface area contributed by atoms with Gasteiger partial charge in [0.15, 0.2) is 0 Å². The molecule has 0 unspecified atom stereocenters. The Kier molecular flexibility index (Phi) is 7.55. The molecule has 0 aliphatic rings. The second kappa shape index (κ2) is 10.1. The molecule has 27 heavy (non-hydrogen) atoms. The first-order valence-electron chi connectivity index (χ1n) is 8.93. The lowest BCUT2D eigenvalue weighted by Crippen LogP contribution is -2.41. The standard InChI is InChI=1S/C21H25N3O3/c1-15-8-9-16(2)18(14-15)22-19(25)12-13-21(27)24-23-20(26)11-10-17-6-4-3-5-7-17/h3-9,14H,10-13H2,1-2H3,(H,22,25)(H,23,26)(H,24,27). The van der Waals surface area contributed by atoms with E-state index in [-0.39, 0.29) is 31.1 Å². The molecule has 0 saturated carbocycles. The van der Waals surface area contributed by atoms with Gasteiger partial charge in [-0.2, -0.15) is 0 Å². The van der Waals surface area contributed by atoms with Crippen molar-refractivity contribution < 1.29 is 14.4 Å². The summed E-state index contributed by atoms with van der Waals surface area (Å²) in [6, 6.07) is 15.4. The van der Waals surface area contributed by atoms with Crippen LogP contribution in [-0.2, 0) is 20.8 Å². The van der Waals surface area contributed by atoms with E-state index in [1.54, 1.807) is 0 Å². The zero-order valence-corrected chi connectivity index (χ0v) is 15.7. The molecular weight excluding hydrogens is 342 g/mol. The molecule has 6 heteroatoms. The number of rotatable bonds is 7. The summed E-state index contributed by atoms with van der Waals surface area (Å²) in [4.78, 5) is 35.6. The van der Waals surface area contributed by atoms with E-state index in [2.05, 4.69) is 16.2 Å². The van der Waals surface area contributed by atoms with Crippen LogP contribution in [0.4, 0.5) is 5.69 Å². The van der Waals surface area contributed by atoms with Gasteiger partial charge >= 0.3 is 0 Å². The minimum atomic E-state index is -0.404. The number of aryl methyl sites for hydroxylation is 3. The molecule has 0 saturated heterocycles. The van der Waals surface area contributed by atoms with Gasteiger partial charge in [0.25, 0.3) is 0 Å². The normalized spacial score (nSPS) is 10.1. The quantitative estimate of drug-likeness (QED) is 0.658. The number of hydrazine groups is 1. The third-order valence-corrected chi connectivity index (χ3v) is 4.07. The van der Waals surface area contributed by atoms with Crippen molar-refractivity contribution in [1.29, 1.82) is 0 Å². The number of hydrogen-bond donors (Lipinski definition) is 3. The maximum atomic E-state index is 12.0. The zero-order valence-electron chi connectivity index (χ0n) is 15.7. The third-order valence-electron chi connectivity index (χ3n) is 4.07. The van der Waals surface area contributed by atoms with Crippen LogP contribution < -0.4 is 16.2 Å². The summed E-state index contributed by atoms with van der Waals surface area (Å²) in [6.07, 6.45) is 0.910. The molecule has 0 bridgehead atoms. The summed E-state index contributed by atoms with van der Waals surface area (Å²) in [6.45, 7) is 3.86. The fourth-order valence-corrected chi connectivity index (χ4v) is 2.48. The monoisotopic (exact) mass is 367 g/mol. The molecule has 2 rings (SSSR count). The molecule has 3 N–H and O–H groups in total. The number of hydrogen-bond acceptors (Lipinski definition) is 3. The van der Waals surface area contributed by atoms with Gasteiger partial charge in [-0.15, -0.1) is 0 Å². The molecule has 0 aliphatic carbocycles. The van der Waals surface area contributed by atoms with Crippen molar-refractivity contribution in [3.8, 4) is 0 Å². The van der Waals surface area contributed by atoms with Crippen LogP contribution in [0.3, 0.4) is 0 Å². The van der Waals surface area contributed by atoms with Crippen LogP contribution in [-0.4, -0.2) is 17.7 Å². The molecule has 0 spiro atoms. The van der Waals surface area contributed by atoms with Gasteiger partial charge in [-0.3, -0.25) is 25.2 Å². The fraction of sp³-hybridized carbons (Fsp3) is 0.286. The highest BCUT2D eigenvalue weighted by molar-refractivity contribution is 5.94. The Hall–Kier alpha value is -3.15. The first-order valence-corrected chi connectivity index (χ1v) is 8.93. The molecule has 3 amide bonds. The van der Waals surface area contributed by atoms with E-state index >= 15 is 0 Å². The molecule has 0 aromatic heterocycles. The fourth-order valence-electron chi connectivity index (χ4n) is 2.48. The van der Waals surface area contributed by atoms with Crippen LogP contribution >= 0.6 is 0 Å². The Bertz CT molecular complexity index is 804. The van der Waals surface area contributed by atoms with Gasteiger partial charge < -0.3 is 5.32 Å². The second-order valence-electron chi connectivity index (χ2n) is 6.45. The van der Waals surface area contributed by atoms with Crippen LogP contribution in [0.1, 0.15) is 36.0 Å². The van der Waals surface area contributed by atoms with Crippen molar-refractivity contribution in [3.05, 3.63) is 65.2 Å². The summed E-state index contributed by atoms with van der Waals surface area (Å²) in [5, 5.41) is 2.80. The van der Waals surface area contributed by atoms with Gasteiger partial charge in [-0.1, -0.05) is 42.5 Å². The lowest BCUT2D eigenvalue weighted by molar-refractivity contribution is -0.129. The summed E-state index contributed by atoms with van der Waals surface area (Å²) in [5.74, 6) is -0.916. The lowest BCUT2D eigenvalue weighted by Gasteiger charge is -2.10. The molecule has 142 valence electrons. The van der Waals surface area contributed by atoms with Crippen molar-refractivity contribution in [2.24, 2.45) is 0 Å². The molecule has 2 aromatic carbocycles. The number of benzene rings is 2. The molecule has 0 atom stereocenters. The van der Waals surface area contributed by atoms with Crippen molar-refractivity contribution in [2.45, 2.75) is 39.5 Å². The molecule has 0 heterocycles. The Labute approximate surface area is 159 Å². The van der Waals surface area contributed by atoms with Crippen LogP contribution in [0, 0.1) is 13.8 Å². The molecule has 0 aliphatic heterocycles. The van der Waals surface area contributed by atoms with Crippen LogP contribution in [0.15, 0.2) is 48.5 Å². The Morgan fingerprint density at radius 1 is 0.778 bits per heavy atom. The third kappa shape index (κ3) is 7.32. The highest BCUT2D eigenvalue weighted by atomic mass is 16.2. The van der Waals surface area contributed by atoms with Crippen molar-refractivity contribution in [2.75, 3.05) is 5.32 Å². The first kappa shape index (κ1) is 20.2. The molecule has 0 fully saturated rings. The zero-order chi connectivity index (χ0) is 19.6. The summed E-state index contributed by atoms with van der Waals surface area (Å²) in [7, 11) is 0. The van der Waals surface area contributed by atoms with E-state index in [0.717, 1.165) is 22.4 Å². The summed E-state index contributed by atoms with van der Waals surface area (Å²) in [5.41, 5.74) is 8.53. The van der Waals surface area contributed by atoms with E-state index in [0.29, 0.717) is 6.42 Å². The minimum Gasteiger partial charge on any atom is -0.326 e. The second-order valence-corrected chi connectivity index (χ2v) is 6.45. The number of carbonyl (C=O) groups excluding carboxylic acids is 3. The predicted octanol–water partition coefficient (Wildman–Crippen LogP) is 2.80. The van der Waals surface area contributed by atoms with Crippen LogP contribution in [0.5, 0.6) is 0 Å². The molecule has 6 nitrogen and oxygen atoms in total. The minimum absolute atomic E-state index is 0.00430. The topological polar surface area (TPSA) is 87.3 Å². The number of carbonyl (C=O) groups is 3. The van der Waals surface area contributed by atoms with E-state index in [4.69, 9.17) is 0 Å². The average Bonchev–Trinajstić information content (AvgIpc) is 2.66. The first-order chi connectivity index (χ1) is 12.9. The Balaban J connectivity index is 1.65. The van der Waals surface area contributed by atoms with Gasteiger partial charge in [0.1, 0.15) is 0 Å².